The van der Waals surface area contributed by atoms with Crippen molar-refractivity contribution in [3.05, 3.63) is 29.3 Å². The van der Waals surface area contributed by atoms with Gasteiger partial charge in [-0.2, -0.15) is 0 Å². The summed E-state index contributed by atoms with van der Waals surface area (Å²) in [4.78, 5) is 12.0. The van der Waals surface area contributed by atoms with E-state index in [0.29, 0.717) is 11.8 Å². The molecular formula is C16H23NO. The van der Waals surface area contributed by atoms with Crippen LogP contribution >= 0.6 is 0 Å². The van der Waals surface area contributed by atoms with Crippen LogP contribution in [0.4, 0.5) is 5.69 Å². The van der Waals surface area contributed by atoms with Gasteiger partial charge in [0.05, 0.1) is 0 Å². The van der Waals surface area contributed by atoms with Crippen LogP contribution in [0.1, 0.15) is 63.5 Å². The Balaban J connectivity index is 2.35. The second kappa shape index (κ2) is 5.13. The van der Waals surface area contributed by atoms with Crippen LogP contribution in [0.3, 0.4) is 0 Å². The Hall–Kier alpha value is -1.31. The zero-order valence-electron chi connectivity index (χ0n) is 11.8. The number of hydrogen-bond donors (Lipinski definition) is 1. The molecule has 2 nitrogen and oxygen atoms in total. The molecule has 0 atom stereocenters. The van der Waals surface area contributed by atoms with Crippen LogP contribution in [0.2, 0.25) is 0 Å². The lowest BCUT2D eigenvalue weighted by atomic mass is 9.92. The fourth-order valence-electron chi connectivity index (χ4n) is 2.27. The van der Waals surface area contributed by atoms with Gasteiger partial charge in [0.25, 0.3) is 0 Å². The highest BCUT2D eigenvalue weighted by molar-refractivity contribution is 5.95. The maximum atomic E-state index is 12.0. The molecule has 0 spiro atoms. The van der Waals surface area contributed by atoms with Crippen molar-refractivity contribution >= 4 is 11.6 Å². The fourth-order valence-corrected chi connectivity index (χ4v) is 2.27. The lowest BCUT2D eigenvalue weighted by Gasteiger charge is -2.20. The monoisotopic (exact) mass is 245 g/mol. The Bertz CT molecular complexity index is 418. The molecule has 1 aromatic carbocycles. The summed E-state index contributed by atoms with van der Waals surface area (Å²) in [5, 5.41) is 3.16. The summed E-state index contributed by atoms with van der Waals surface area (Å²) < 4.78 is 0. The lowest BCUT2D eigenvalue weighted by Crippen LogP contribution is -2.17. The van der Waals surface area contributed by atoms with E-state index in [-0.39, 0.29) is 11.8 Å². The standard InChI is InChI=1S/C16H23NO/c1-10(2)13-6-5-7-14(11(3)4)15(13)17-16(18)12-8-9-12/h5-7,10-12H,8-9H2,1-4H3,(H,17,18). The molecule has 98 valence electrons. The first-order valence-corrected chi connectivity index (χ1v) is 6.94. The van der Waals surface area contributed by atoms with Crippen molar-refractivity contribution in [2.24, 2.45) is 5.92 Å². The van der Waals surface area contributed by atoms with Gasteiger partial charge >= 0.3 is 0 Å². The molecule has 0 radical (unpaired) electrons. The summed E-state index contributed by atoms with van der Waals surface area (Å²) in [6.45, 7) is 8.69. The predicted molar refractivity (Wildman–Crippen MR) is 76.0 cm³/mol. The van der Waals surface area contributed by atoms with E-state index in [1.54, 1.807) is 0 Å². The zero-order valence-corrected chi connectivity index (χ0v) is 11.8. The van der Waals surface area contributed by atoms with E-state index in [4.69, 9.17) is 0 Å². The summed E-state index contributed by atoms with van der Waals surface area (Å²) in [6, 6.07) is 6.34. The molecule has 1 aromatic rings. The Kier molecular flexibility index (Phi) is 3.74. The minimum atomic E-state index is 0.199. The van der Waals surface area contributed by atoms with Crippen molar-refractivity contribution in [2.45, 2.75) is 52.4 Å². The molecule has 1 saturated carbocycles. The Morgan fingerprint density at radius 1 is 1.11 bits per heavy atom. The first kappa shape index (κ1) is 13.1. The van der Waals surface area contributed by atoms with Crippen molar-refractivity contribution in [2.75, 3.05) is 5.32 Å². The van der Waals surface area contributed by atoms with Gasteiger partial charge in [0.1, 0.15) is 0 Å². The first-order chi connectivity index (χ1) is 8.50. The fraction of sp³-hybridized carbons (Fsp3) is 0.562. The Morgan fingerprint density at radius 3 is 2.00 bits per heavy atom. The van der Waals surface area contributed by atoms with Crippen molar-refractivity contribution in [1.29, 1.82) is 0 Å². The maximum Gasteiger partial charge on any atom is 0.227 e. The van der Waals surface area contributed by atoms with Crippen molar-refractivity contribution in [1.82, 2.24) is 0 Å². The molecule has 2 heteroatoms. The number of para-hydroxylation sites is 1. The topological polar surface area (TPSA) is 29.1 Å². The Labute approximate surface area is 110 Å². The summed E-state index contributed by atoms with van der Waals surface area (Å²) >= 11 is 0. The molecule has 2 rings (SSSR count). The molecule has 1 amide bonds. The summed E-state index contributed by atoms with van der Waals surface area (Å²) in [5.74, 6) is 1.31. The predicted octanol–water partition coefficient (Wildman–Crippen LogP) is 4.28. The van der Waals surface area contributed by atoms with E-state index in [0.717, 1.165) is 18.5 Å². The van der Waals surface area contributed by atoms with Crippen LogP contribution in [0.25, 0.3) is 0 Å². The van der Waals surface area contributed by atoms with Crippen molar-refractivity contribution in [3.8, 4) is 0 Å². The second-order valence-corrected chi connectivity index (χ2v) is 5.88. The van der Waals surface area contributed by atoms with Crippen LogP contribution < -0.4 is 5.32 Å². The minimum Gasteiger partial charge on any atom is -0.325 e. The zero-order chi connectivity index (χ0) is 13.3. The van der Waals surface area contributed by atoms with E-state index in [2.05, 4.69) is 51.2 Å². The molecule has 1 aliphatic carbocycles. The average molecular weight is 245 g/mol. The number of anilines is 1. The van der Waals surface area contributed by atoms with Gasteiger partial charge in [-0.05, 0) is 35.8 Å². The van der Waals surface area contributed by atoms with Gasteiger partial charge in [0, 0.05) is 11.6 Å². The molecular weight excluding hydrogens is 222 g/mol. The average Bonchev–Trinajstić information content (AvgIpc) is 3.12. The van der Waals surface area contributed by atoms with E-state index in [9.17, 15) is 4.79 Å². The van der Waals surface area contributed by atoms with Crippen molar-refractivity contribution < 1.29 is 4.79 Å². The molecule has 0 unspecified atom stereocenters. The molecule has 0 heterocycles. The van der Waals surface area contributed by atoms with Crippen LogP contribution in [-0.2, 0) is 4.79 Å². The highest BCUT2D eigenvalue weighted by Crippen LogP contribution is 2.35. The normalized spacial score (nSPS) is 15.2. The van der Waals surface area contributed by atoms with Crippen LogP contribution in [0, 0.1) is 5.92 Å². The third-order valence-electron chi connectivity index (χ3n) is 3.57. The second-order valence-electron chi connectivity index (χ2n) is 5.88. The summed E-state index contributed by atoms with van der Waals surface area (Å²) in [5.41, 5.74) is 3.55. The van der Waals surface area contributed by atoms with Gasteiger partial charge in [-0.1, -0.05) is 45.9 Å². The number of carbonyl (C=O) groups is 1. The third-order valence-corrected chi connectivity index (χ3v) is 3.57. The van der Waals surface area contributed by atoms with Gasteiger partial charge in [-0.3, -0.25) is 4.79 Å². The number of benzene rings is 1. The van der Waals surface area contributed by atoms with E-state index in [1.807, 2.05) is 0 Å². The van der Waals surface area contributed by atoms with Crippen LogP contribution in [0.15, 0.2) is 18.2 Å². The first-order valence-electron chi connectivity index (χ1n) is 6.94. The molecule has 0 bridgehead atoms. The Morgan fingerprint density at radius 2 is 1.61 bits per heavy atom. The maximum absolute atomic E-state index is 12.0. The van der Waals surface area contributed by atoms with Crippen molar-refractivity contribution in [3.63, 3.8) is 0 Å². The van der Waals surface area contributed by atoms with E-state index < -0.39 is 0 Å². The SMILES string of the molecule is CC(C)c1cccc(C(C)C)c1NC(=O)C1CC1. The van der Waals surface area contributed by atoms with Gasteiger partial charge < -0.3 is 5.32 Å². The number of carbonyl (C=O) groups excluding carboxylic acids is 1. The minimum absolute atomic E-state index is 0.199. The highest BCUT2D eigenvalue weighted by Gasteiger charge is 2.30. The lowest BCUT2D eigenvalue weighted by molar-refractivity contribution is -0.117. The van der Waals surface area contributed by atoms with Crippen LogP contribution in [-0.4, -0.2) is 5.91 Å². The van der Waals surface area contributed by atoms with Gasteiger partial charge in [-0.15, -0.1) is 0 Å². The number of hydrogen-bond acceptors (Lipinski definition) is 1. The van der Waals surface area contributed by atoms with Gasteiger partial charge in [-0.25, -0.2) is 0 Å². The number of amides is 1. The van der Waals surface area contributed by atoms with E-state index >= 15 is 0 Å². The number of nitrogens with one attached hydrogen (secondary N) is 1. The summed E-state index contributed by atoms with van der Waals surface area (Å²) in [6.07, 6.45) is 2.10. The highest BCUT2D eigenvalue weighted by atomic mass is 16.2. The quantitative estimate of drug-likeness (QED) is 0.842. The molecule has 0 saturated heterocycles. The molecule has 1 aliphatic rings. The molecule has 1 N–H and O–H groups in total. The summed E-state index contributed by atoms with van der Waals surface area (Å²) in [7, 11) is 0. The molecule has 18 heavy (non-hydrogen) atoms. The third kappa shape index (κ3) is 2.74. The van der Waals surface area contributed by atoms with E-state index in [1.165, 1.54) is 11.1 Å². The van der Waals surface area contributed by atoms with Crippen LogP contribution in [0.5, 0.6) is 0 Å². The molecule has 1 fully saturated rings. The largest absolute Gasteiger partial charge is 0.325 e. The van der Waals surface area contributed by atoms with Gasteiger partial charge in [0.2, 0.25) is 5.91 Å². The van der Waals surface area contributed by atoms with Gasteiger partial charge in [0.15, 0.2) is 0 Å². The number of rotatable bonds is 4. The molecule has 0 aliphatic heterocycles. The molecule has 0 aromatic heterocycles. The smallest absolute Gasteiger partial charge is 0.227 e.